The average Bonchev–Trinajstić information content (AvgIpc) is 3.47. The third-order valence-electron chi connectivity index (χ3n) is 10.3. The van der Waals surface area contributed by atoms with Gasteiger partial charge in [-0.05, 0) is 86.0 Å². The molecule has 0 saturated heterocycles. The van der Waals surface area contributed by atoms with Crippen molar-refractivity contribution in [3.63, 3.8) is 0 Å². The molecule has 0 bridgehead atoms. The molecule has 202 valence electrons. The Morgan fingerprint density at radius 3 is 2.71 bits per heavy atom. The Morgan fingerprint density at radius 1 is 1.13 bits per heavy atom. The molecule has 0 unspecified atom stereocenters. The van der Waals surface area contributed by atoms with Gasteiger partial charge in [0.05, 0.1) is 12.7 Å². The van der Waals surface area contributed by atoms with E-state index in [0.717, 1.165) is 67.2 Å². The zero-order valence-corrected chi connectivity index (χ0v) is 23.9. The highest BCUT2D eigenvalue weighted by Crippen LogP contribution is 2.64. The fourth-order valence-electron chi connectivity index (χ4n) is 8.11. The number of Topliss-reactive ketones (excluding diaryl/α,β-unsaturated/α-hetero) is 1. The number of aromatic nitrogens is 3. The van der Waals surface area contributed by atoms with E-state index in [1.807, 2.05) is 24.3 Å². The lowest BCUT2D eigenvalue weighted by Gasteiger charge is -2.56. The van der Waals surface area contributed by atoms with Crippen molar-refractivity contribution in [2.45, 2.75) is 84.4 Å². The van der Waals surface area contributed by atoms with Gasteiger partial charge in [0.15, 0.2) is 0 Å². The quantitative estimate of drug-likeness (QED) is 0.328. The fraction of sp³-hybridized carbons (Fsp3) is 0.600. The summed E-state index contributed by atoms with van der Waals surface area (Å²) < 4.78 is 8.53. The Bertz CT molecular complexity index is 1260. The molecule has 1 aromatic heterocycles. The lowest BCUT2D eigenvalue weighted by atomic mass is 9.48. The molecule has 8 heteroatoms. The van der Waals surface area contributed by atoms with Crippen LogP contribution < -0.4 is 5.32 Å². The molecular formula is C30H37BrN4O3. The SMILES string of the molecule is C[C@]12CC[C@H](OC(=O)Cn3cc(CNc4ccc(Br)cc4)nn3)CC1=CC[C@@H]1[C@@H]2CC[C@]2(C)C(=O)CC[C@@H]12. The molecule has 1 heterocycles. The van der Waals surface area contributed by atoms with E-state index in [9.17, 15) is 9.59 Å². The lowest BCUT2D eigenvalue weighted by Crippen LogP contribution is -2.50. The van der Waals surface area contributed by atoms with E-state index in [0.29, 0.717) is 30.1 Å². The molecule has 0 amide bonds. The molecule has 4 aliphatic rings. The van der Waals surface area contributed by atoms with Crippen molar-refractivity contribution in [1.82, 2.24) is 15.0 Å². The summed E-state index contributed by atoms with van der Waals surface area (Å²) in [5.74, 6) is 2.03. The van der Waals surface area contributed by atoms with E-state index in [-0.39, 0.29) is 29.4 Å². The van der Waals surface area contributed by atoms with Crippen molar-refractivity contribution in [3.8, 4) is 0 Å². The summed E-state index contributed by atoms with van der Waals surface area (Å²) in [7, 11) is 0. The number of allylic oxidation sites excluding steroid dienone is 1. The summed E-state index contributed by atoms with van der Waals surface area (Å²) in [5.41, 5.74) is 3.31. The first kappa shape index (κ1) is 25.8. The van der Waals surface area contributed by atoms with Crippen LogP contribution in [0.25, 0.3) is 0 Å². The van der Waals surface area contributed by atoms with Gasteiger partial charge in [0.25, 0.3) is 0 Å². The van der Waals surface area contributed by atoms with Crippen molar-refractivity contribution < 1.29 is 14.3 Å². The average molecular weight is 582 g/mol. The third-order valence-corrected chi connectivity index (χ3v) is 10.8. The molecular weight excluding hydrogens is 544 g/mol. The molecule has 0 spiro atoms. The van der Waals surface area contributed by atoms with Crippen LogP contribution in [0, 0.1) is 28.6 Å². The Morgan fingerprint density at radius 2 is 1.89 bits per heavy atom. The predicted octanol–water partition coefficient (Wildman–Crippen LogP) is 6.10. The van der Waals surface area contributed by atoms with E-state index in [4.69, 9.17) is 4.74 Å². The van der Waals surface area contributed by atoms with E-state index in [1.165, 1.54) is 5.57 Å². The molecule has 7 nitrogen and oxygen atoms in total. The molecule has 2 aromatic rings. The second-order valence-corrected chi connectivity index (χ2v) is 13.2. The van der Waals surface area contributed by atoms with Crippen LogP contribution in [-0.4, -0.2) is 32.9 Å². The van der Waals surface area contributed by atoms with Crippen LogP contribution >= 0.6 is 15.9 Å². The standard InChI is InChI=1S/C30H37BrN4O3/c1-29-13-11-23(15-19(29)3-8-24-25-9-10-27(36)30(25,2)14-12-26(24)29)38-28(37)18-35-17-22(33-34-35)16-32-21-6-4-20(31)5-7-21/h3-7,17,23-26,32H,8-16,18H2,1-2H3/t23-,24-,25-,26-,29-,30-/m0/s1. The number of nitrogens with zero attached hydrogens (tertiary/aromatic N) is 3. The van der Waals surface area contributed by atoms with E-state index >= 15 is 0 Å². The first-order valence-electron chi connectivity index (χ1n) is 14.1. The van der Waals surface area contributed by atoms with Gasteiger partial charge in [-0.3, -0.25) is 9.59 Å². The number of hydrogen-bond donors (Lipinski definition) is 1. The maximum Gasteiger partial charge on any atom is 0.328 e. The Balaban J connectivity index is 1.03. The smallest absolute Gasteiger partial charge is 0.328 e. The van der Waals surface area contributed by atoms with Gasteiger partial charge in [0, 0.05) is 28.4 Å². The number of rotatable bonds is 6. The number of nitrogens with one attached hydrogen (secondary N) is 1. The number of ketones is 1. The largest absolute Gasteiger partial charge is 0.461 e. The molecule has 0 radical (unpaired) electrons. The molecule has 38 heavy (non-hydrogen) atoms. The summed E-state index contributed by atoms with van der Waals surface area (Å²) in [6.45, 7) is 5.27. The lowest BCUT2D eigenvalue weighted by molar-refractivity contribution is -0.152. The molecule has 3 fully saturated rings. The maximum absolute atomic E-state index is 12.8. The van der Waals surface area contributed by atoms with Crippen LogP contribution in [0.2, 0.25) is 0 Å². The molecule has 1 aromatic carbocycles. The summed E-state index contributed by atoms with van der Waals surface area (Å²) in [5, 5.41) is 11.6. The molecule has 1 N–H and O–H groups in total. The summed E-state index contributed by atoms with van der Waals surface area (Å²) in [4.78, 5) is 25.4. The first-order valence-corrected chi connectivity index (χ1v) is 14.8. The zero-order chi connectivity index (χ0) is 26.5. The molecule has 4 aliphatic carbocycles. The monoisotopic (exact) mass is 580 g/mol. The van der Waals surface area contributed by atoms with Gasteiger partial charge >= 0.3 is 5.97 Å². The van der Waals surface area contributed by atoms with Crippen LogP contribution in [0.4, 0.5) is 5.69 Å². The van der Waals surface area contributed by atoms with Gasteiger partial charge in [0.1, 0.15) is 24.1 Å². The molecule has 6 rings (SSSR count). The number of carbonyl (C=O) groups is 2. The number of esters is 1. The minimum Gasteiger partial charge on any atom is -0.461 e. The van der Waals surface area contributed by atoms with Crippen molar-refractivity contribution in [1.29, 1.82) is 0 Å². The normalized spacial score (nSPS) is 34.1. The molecule has 6 atom stereocenters. The maximum atomic E-state index is 12.8. The van der Waals surface area contributed by atoms with Gasteiger partial charge in [-0.2, -0.15) is 0 Å². The molecule has 0 aliphatic heterocycles. The van der Waals surface area contributed by atoms with Crippen LogP contribution in [0.3, 0.4) is 0 Å². The highest BCUT2D eigenvalue weighted by atomic mass is 79.9. The second-order valence-electron chi connectivity index (χ2n) is 12.3. The highest BCUT2D eigenvalue weighted by molar-refractivity contribution is 9.10. The minimum atomic E-state index is -0.261. The summed E-state index contributed by atoms with van der Waals surface area (Å²) >= 11 is 3.44. The predicted molar refractivity (Wildman–Crippen MR) is 148 cm³/mol. The van der Waals surface area contributed by atoms with E-state index in [1.54, 1.807) is 10.9 Å². The number of halogens is 1. The fourth-order valence-corrected chi connectivity index (χ4v) is 8.38. The van der Waals surface area contributed by atoms with Crippen LogP contribution in [0.1, 0.15) is 70.9 Å². The zero-order valence-electron chi connectivity index (χ0n) is 22.3. The van der Waals surface area contributed by atoms with Gasteiger partial charge < -0.3 is 10.1 Å². The molecule has 3 saturated carbocycles. The first-order chi connectivity index (χ1) is 18.2. The van der Waals surface area contributed by atoms with Gasteiger partial charge in [-0.15, -0.1) is 5.10 Å². The number of ether oxygens (including phenoxy) is 1. The Kier molecular flexibility index (Phi) is 6.73. The van der Waals surface area contributed by atoms with Crippen molar-refractivity contribution in [2.75, 3.05) is 5.32 Å². The highest BCUT2D eigenvalue weighted by Gasteiger charge is 2.58. The van der Waals surface area contributed by atoms with Crippen molar-refractivity contribution in [2.24, 2.45) is 28.6 Å². The summed E-state index contributed by atoms with van der Waals surface area (Å²) in [6.07, 6.45) is 12.0. The van der Waals surface area contributed by atoms with Gasteiger partial charge in [-0.25, -0.2) is 4.68 Å². The summed E-state index contributed by atoms with van der Waals surface area (Å²) in [6, 6.07) is 7.94. The van der Waals surface area contributed by atoms with Crippen molar-refractivity contribution >= 4 is 33.4 Å². The van der Waals surface area contributed by atoms with Crippen LogP contribution in [0.5, 0.6) is 0 Å². The van der Waals surface area contributed by atoms with E-state index < -0.39 is 0 Å². The number of anilines is 1. The van der Waals surface area contributed by atoms with Crippen molar-refractivity contribution in [3.05, 3.63) is 52.3 Å². The number of benzene rings is 1. The van der Waals surface area contributed by atoms with Crippen LogP contribution in [-0.2, 0) is 27.4 Å². The Labute approximate surface area is 232 Å². The topological polar surface area (TPSA) is 86.1 Å². The van der Waals surface area contributed by atoms with Crippen LogP contribution in [0.15, 0.2) is 46.6 Å². The second kappa shape index (κ2) is 9.92. The van der Waals surface area contributed by atoms with Gasteiger partial charge in [0.2, 0.25) is 0 Å². The minimum absolute atomic E-state index is 0.0666. The van der Waals surface area contributed by atoms with Gasteiger partial charge in [-0.1, -0.05) is 46.6 Å². The van der Waals surface area contributed by atoms with E-state index in [2.05, 4.69) is 51.5 Å². The third kappa shape index (κ3) is 4.63. The number of carbonyl (C=O) groups excluding carboxylic acids is 2. The Hall–Kier alpha value is -2.48. The number of fused-ring (bicyclic) bond motifs is 5. The number of hydrogen-bond acceptors (Lipinski definition) is 6.